The van der Waals surface area contributed by atoms with Crippen molar-refractivity contribution < 1.29 is 39.9 Å². The van der Waals surface area contributed by atoms with Crippen molar-refractivity contribution in [1.29, 1.82) is 0 Å². The molecule has 3 aliphatic heterocycles. The third-order valence-electron chi connectivity index (χ3n) is 19.1. The first-order valence-corrected chi connectivity index (χ1v) is 30.5. The monoisotopic (exact) mass is 1150 g/mol. The summed E-state index contributed by atoms with van der Waals surface area (Å²) in [6.07, 6.45) is 12.8. The number of carbonyl (C=O) groups is 2. The number of allylic oxidation sites excluding steroid dienone is 8. The van der Waals surface area contributed by atoms with Gasteiger partial charge in [0.1, 0.15) is 24.6 Å². The molecule has 2 aliphatic carbocycles. The van der Waals surface area contributed by atoms with Crippen LogP contribution in [0.1, 0.15) is 142 Å². The van der Waals surface area contributed by atoms with E-state index in [-0.39, 0.29) is 50.2 Å². The lowest BCUT2D eigenvalue weighted by Gasteiger charge is -2.56. The molecular formula is C71H88N6O8. The highest BCUT2D eigenvalue weighted by molar-refractivity contribution is 5.98. The van der Waals surface area contributed by atoms with Crippen molar-refractivity contribution in [2.45, 2.75) is 152 Å². The summed E-state index contributed by atoms with van der Waals surface area (Å²) < 4.78 is 6.33. The molecule has 11 unspecified atom stereocenters. The molecule has 0 aromatic heterocycles. The molecule has 1 amide bonds. The van der Waals surface area contributed by atoms with Crippen molar-refractivity contribution in [3.05, 3.63) is 195 Å². The predicted octanol–water partition coefficient (Wildman–Crippen LogP) is 8.62. The normalized spacial score (nSPS) is 28.7. The van der Waals surface area contributed by atoms with Crippen molar-refractivity contribution in [2.24, 2.45) is 45.4 Å². The highest BCUT2D eigenvalue weighted by Gasteiger charge is 2.64. The van der Waals surface area contributed by atoms with E-state index in [1.165, 1.54) is 11.1 Å². The van der Waals surface area contributed by atoms with Gasteiger partial charge in [0.15, 0.2) is 11.7 Å². The maximum absolute atomic E-state index is 15.2. The predicted molar refractivity (Wildman–Crippen MR) is 335 cm³/mol. The van der Waals surface area contributed by atoms with Crippen LogP contribution in [0, 0.1) is 35.0 Å². The Labute approximate surface area is 502 Å². The quantitative estimate of drug-likeness (QED) is 0.0327. The number of aryl methyl sites for hydroxylation is 1. The standard InChI is InChI=1S/C71H88N6O8/c1-45-14-9-19-48(21-11-20-47-16-5-4-6-17-47)18-7-8-37-85-44-53(25-10-15-45)57-34-36-71(66(57)82)61-32-31-55(79)39-49-22-12-23-50(38-49)40-59(60(42-76-69(73)74)51-27-29-54(78)30-28-51)63(81)43-75-65-64-52(24-13-26-58(64)67(72)77-68(65)83)41-62(80)46(2)56(61)33-35-70(71,3)84/h4-6,10,12-13,15-17,19,22-30,38,55,57,59-61,63,65-67,75,78-79,81-82,84H,1,9,11,14,18,20-21,31-37,39-44,72H2,2-3H3,(H,77,83)(H4,73,74,76). The first kappa shape index (κ1) is 62.6. The van der Waals surface area contributed by atoms with Gasteiger partial charge in [0.2, 0.25) is 5.91 Å². The lowest BCUT2D eigenvalue weighted by atomic mass is 9.52. The number of phenolic OH excluding ortho intramolecular Hbond substituents is 1. The van der Waals surface area contributed by atoms with Gasteiger partial charge in [-0.15, -0.1) is 0 Å². The third-order valence-corrected chi connectivity index (χ3v) is 19.1. The molecule has 0 saturated heterocycles. The molecule has 14 heteroatoms. The number of amides is 1. The number of fused-ring (bicyclic) bond motifs is 4. The third kappa shape index (κ3) is 15.0. The van der Waals surface area contributed by atoms with Crippen LogP contribution in [0.4, 0.5) is 0 Å². The fraction of sp³-hybridized carbons (Fsp3) is 0.451. The number of nitrogens with two attached hydrogens (primary N) is 3. The molecule has 13 N–H and O–H groups in total. The zero-order chi connectivity index (χ0) is 60.3. The Balaban J connectivity index is 1.05. The highest BCUT2D eigenvalue weighted by Crippen LogP contribution is 2.63. The Kier molecular flexibility index (Phi) is 21.0. The molecule has 9 rings (SSSR count). The second-order valence-electron chi connectivity index (χ2n) is 24.6. The van der Waals surface area contributed by atoms with Gasteiger partial charge in [0.25, 0.3) is 0 Å². The summed E-state index contributed by atoms with van der Waals surface area (Å²) in [6.45, 7) is 8.56. The summed E-state index contributed by atoms with van der Waals surface area (Å²) >= 11 is 0. The largest absolute Gasteiger partial charge is 0.508 e. The number of carbonyl (C=O) groups excluding carboxylic acids is 2. The summed E-state index contributed by atoms with van der Waals surface area (Å²) in [5.41, 5.74) is 26.3. The number of aliphatic hydroxyl groups excluding tert-OH is 3. The van der Waals surface area contributed by atoms with Gasteiger partial charge in [-0.2, -0.15) is 0 Å². The Morgan fingerprint density at radius 3 is 2.45 bits per heavy atom. The molecular weight excluding hydrogens is 1060 g/mol. The minimum absolute atomic E-state index is 0.0536. The van der Waals surface area contributed by atoms with E-state index in [9.17, 15) is 30.3 Å². The van der Waals surface area contributed by atoms with Gasteiger partial charge >= 0.3 is 0 Å². The van der Waals surface area contributed by atoms with Crippen LogP contribution in [0.15, 0.2) is 161 Å². The van der Waals surface area contributed by atoms with E-state index < -0.39 is 71.1 Å². The average Bonchev–Trinajstić information content (AvgIpc) is 1.76. The average molecular weight is 1150 g/mol. The number of aliphatic imine (C=N–C) groups is 1. The molecule has 3 heterocycles. The van der Waals surface area contributed by atoms with Crippen LogP contribution in [0.5, 0.6) is 5.75 Å². The summed E-state index contributed by atoms with van der Waals surface area (Å²) in [7, 11) is 0. The number of aromatic hydroxyl groups is 1. The Morgan fingerprint density at radius 2 is 1.67 bits per heavy atom. The van der Waals surface area contributed by atoms with Crippen LogP contribution >= 0.6 is 0 Å². The zero-order valence-electron chi connectivity index (χ0n) is 49.5. The van der Waals surface area contributed by atoms with E-state index in [1.54, 1.807) is 24.3 Å². The van der Waals surface area contributed by atoms with Crippen LogP contribution in [-0.2, 0) is 40.0 Å². The number of phenols is 1. The zero-order valence-corrected chi connectivity index (χ0v) is 49.5. The maximum Gasteiger partial charge on any atom is 0.243 e. The summed E-state index contributed by atoms with van der Waals surface area (Å²) in [6, 6.07) is 29.7. The Bertz CT molecular complexity index is 3240. The molecule has 0 radical (unpaired) electrons. The van der Waals surface area contributed by atoms with Gasteiger partial charge in [-0.1, -0.05) is 144 Å². The van der Waals surface area contributed by atoms with Crippen molar-refractivity contribution in [1.82, 2.24) is 10.6 Å². The number of nitrogens with one attached hydrogen (secondary N) is 2. The van der Waals surface area contributed by atoms with Crippen molar-refractivity contribution in [3.8, 4) is 17.6 Å². The number of ketones is 1. The summed E-state index contributed by atoms with van der Waals surface area (Å²) in [4.78, 5) is 33.9. The molecule has 1 spiro atoms. The molecule has 85 heavy (non-hydrogen) atoms. The number of hydrogen-bond acceptors (Lipinski definition) is 11. The van der Waals surface area contributed by atoms with Crippen LogP contribution < -0.4 is 27.8 Å². The van der Waals surface area contributed by atoms with Gasteiger partial charge in [0.05, 0.1) is 30.5 Å². The van der Waals surface area contributed by atoms with Crippen LogP contribution in [-0.4, -0.2) is 93.4 Å². The van der Waals surface area contributed by atoms with E-state index in [0.717, 1.165) is 65.5 Å². The number of benzene rings is 4. The topological polar surface area (TPSA) is 259 Å². The minimum Gasteiger partial charge on any atom is -0.508 e. The summed E-state index contributed by atoms with van der Waals surface area (Å²) in [5.74, 6) is 4.08. The fourth-order valence-corrected chi connectivity index (χ4v) is 14.5. The molecule has 4 aromatic rings. The van der Waals surface area contributed by atoms with E-state index in [4.69, 9.17) is 21.9 Å². The summed E-state index contributed by atoms with van der Waals surface area (Å²) in [5, 5.41) is 67.5. The smallest absolute Gasteiger partial charge is 0.243 e. The number of nitrogens with zero attached hydrogens (tertiary/aromatic N) is 1. The first-order valence-electron chi connectivity index (χ1n) is 30.5. The Hall–Kier alpha value is -6.93. The van der Waals surface area contributed by atoms with Crippen molar-refractivity contribution in [2.75, 3.05) is 26.3 Å². The molecule has 2 bridgehead atoms. The second kappa shape index (κ2) is 28.5. The van der Waals surface area contributed by atoms with Gasteiger partial charge in [-0.05, 0) is 171 Å². The first-order chi connectivity index (χ1) is 40.9. The van der Waals surface area contributed by atoms with E-state index in [0.29, 0.717) is 80.1 Å². The number of hydrogen-bond donors (Lipinski definition) is 10. The molecule has 11 atom stereocenters. The van der Waals surface area contributed by atoms with E-state index in [2.05, 4.69) is 64.4 Å². The van der Waals surface area contributed by atoms with E-state index in [1.807, 2.05) is 80.6 Å². The van der Waals surface area contributed by atoms with Crippen molar-refractivity contribution in [3.63, 3.8) is 0 Å². The number of aliphatic hydroxyl groups is 4. The van der Waals surface area contributed by atoms with Crippen LogP contribution in [0.2, 0.25) is 0 Å². The lowest BCUT2D eigenvalue weighted by molar-refractivity contribution is -0.168. The van der Waals surface area contributed by atoms with Gasteiger partial charge < -0.3 is 52.8 Å². The number of ether oxygens (including phenoxy) is 1. The highest BCUT2D eigenvalue weighted by atomic mass is 16.5. The van der Waals surface area contributed by atoms with Gasteiger partial charge in [-0.3, -0.25) is 19.9 Å². The molecule has 2 fully saturated rings. The number of Topliss-reactive ketones (excluding diaryl/α,β-unsaturated/α-hetero) is 1. The second-order valence-corrected chi connectivity index (χ2v) is 24.6. The molecule has 14 nitrogen and oxygen atoms in total. The van der Waals surface area contributed by atoms with Crippen LogP contribution in [0.3, 0.4) is 0 Å². The lowest BCUT2D eigenvalue weighted by Crippen LogP contribution is -2.59. The molecule has 2 saturated carbocycles. The number of rotatable bonds is 9. The van der Waals surface area contributed by atoms with Crippen molar-refractivity contribution >= 4 is 17.6 Å². The maximum atomic E-state index is 15.2. The number of guanidine groups is 1. The fourth-order valence-electron chi connectivity index (χ4n) is 14.5. The van der Waals surface area contributed by atoms with Gasteiger partial charge in [-0.25, -0.2) is 0 Å². The Morgan fingerprint density at radius 1 is 0.906 bits per heavy atom. The van der Waals surface area contributed by atoms with Crippen LogP contribution in [0.25, 0.3) is 0 Å². The molecule has 4 aromatic carbocycles. The molecule has 5 aliphatic rings. The number of β-amino-alcohol motifs (C(OH)–C–C–N with tert-alkyl or cyclic N) is 1. The minimum atomic E-state index is -1.37. The molecule has 450 valence electrons. The van der Waals surface area contributed by atoms with Gasteiger partial charge in [0, 0.05) is 43.2 Å². The van der Waals surface area contributed by atoms with E-state index >= 15 is 4.79 Å². The SMILES string of the molecule is C=C1C=CC=C(C2CCC3(C4CCC(O)Cc5cccc(c5)CC(C(CN=C(N)N)c5ccc(O)cc5)C(O)CNC5C(=O)NC(N)c6cccc(c65)CC(=O)C(C)=C4CCC3(C)O)C2O)COCC#CCC(CCCc2ccccc2)=CCC1.